The van der Waals surface area contributed by atoms with Crippen molar-refractivity contribution in [1.29, 1.82) is 0 Å². The van der Waals surface area contributed by atoms with Crippen molar-refractivity contribution < 1.29 is 31.5 Å². The zero-order chi connectivity index (χ0) is 25.4. The minimum absolute atomic E-state index is 0.0237. The Kier molecular flexibility index (Phi) is 7.15. The number of nitrogens with zero attached hydrogens (tertiary/aromatic N) is 2. The van der Waals surface area contributed by atoms with Gasteiger partial charge < -0.3 is 9.64 Å². The molecule has 0 saturated heterocycles. The molecular formula is C23H18BrF5N2O3. The van der Waals surface area contributed by atoms with Crippen molar-refractivity contribution in [3.05, 3.63) is 91.3 Å². The van der Waals surface area contributed by atoms with Gasteiger partial charge in [-0.15, -0.1) is 0 Å². The van der Waals surface area contributed by atoms with E-state index in [1.165, 1.54) is 39.2 Å². The molecule has 0 spiro atoms. The maximum absolute atomic E-state index is 13.9. The fraction of sp³-hybridized carbons (Fsp3) is 0.217. The molecule has 1 amide bonds. The first kappa shape index (κ1) is 25.4. The third kappa shape index (κ3) is 5.14. The van der Waals surface area contributed by atoms with Crippen LogP contribution in [-0.2, 0) is 12.8 Å². The van der Waals surface area contributed by atoms with Crippen LogP contribution in [0.15, 0.2) is 51.7 Å². The number of carbonyl (C=O) groups excluding carboxylic acids is 1. The van der Waals surface area contributed by atoms with Crippen LogP contribution in [0.1, 0.15) is 27.2 Å². The number of aromatic nitrogens is 1. The van der Waals surface area contributed by atoms with E-state index in [0.29, 0.717) is 12.1 Å². The summed E-state index contributed by atoms with van der Waals surface area (Å²) in [5, 5.41) is 0. The summed E-state index contributed by atoms with van der Waals surface area (Å²) < 4.78 is 74.6. The van der Waals surface area contributed by atoms with Crippen LogP contribution in [0.25, 0.3) is 5.69 Å². The van der Waals surface area contributed by atoms with Crippen molar-refractivity contribution in [1.82, 2.24) is 9.47 Å². The Labute approximate surface area is 199 Å². The number of benzene rings is 2. The first-order valence-corrected chi connectivity index (χ1v) is 10.5. The van der Waals surface area contributed by atoms with Gasteiger partial charge in [0, 0.05) is 43.0 Å². The van der Waals surface area contributed by atoms with Crippen LogP contribution >= 0.6 is 15.9 Å². The van der Waals surface area contributed by atoms with Crippen molar-refractivity contribution in [3.63, 3.8) is 0 Å². The van der Waals surface area contributed by atoms with Crippen LogP contribution in [0.2, 0.25) is 0 Å². The van der Waals surface area contributed by atoms with Gasteiger partial charge >= 0.3 is 6.18 Å². The summed E-state index contributed by atoms with van der Waals surface area (Å²) in [4.78, 5) is 26.3. The summed E-state index contributed by atoms with van der Waals surface area (Å²) in [6.45, 7) is 1.06. The molecule has 0 N–H and O–H groups in total. The standard InChI is InChI=1S/C23H18BrF5N2O3/c1-12-8-19(34-11-14-4-6-15(25)10-17(14)26)20(24)22(33)31(12)18-7-5-13(21(32)30(2)3)9-16(18)23(27,28)29/h4-10H,11H2,1-3H3. The van der Waals surface area contributed by atoms with Gasteiger partial charge in [0.2, 0.25) is 0 Å². The lowest BCUT2D eigenvalue weighted by atomic mass is 10.1. The molecule has 0 radical (unpaired) electrons. The van der Waals surface area contributed by atoms with Gasteiger partial charge in [0.15, 0.2) is 0 Å². The maximum Gasteiger partial charge on any atom is 0.418 e. The lowest BCUT2D eigenvalue weighted by Gasteiger charge is -2.20. The van der Waals surface area contributed by atoms with E-state index in [1.54, 1.807) is 0 Å². The molecule has 2 aromatic carbocycles. The Bertz CT molecular complexity index is 1320. The van der Waals surface area contributed by atoms with Crippen LogP contribution < -0.4 is 10.3 Å². The second kappa shape index (κ2) is 9.57. The molecule has 0 unspecified atom stereocenters. The molecule has 34 heavy (non-hydrogen) atoms. The highest BCUT2D eigenvalue weighted by molar-refractivity contribution is 9.10. The van der Waals surface area contributed by atoms with Gasteiger partial charge in [0.05, 0.1) is 11.3 Å². The Morgan fingerprint density at radius 1 is 1.09 bits per heavy atom. The highest BCUT2D eigenvalue weighted by Crippen LogP contribution is 2.36. The largest absolute Gasteiger partial charge is 0.487 e. The van der Waals surface area contributed by atoms with E-state index in [4.69, 9.17) is 4.74 Å². The fourth-order valence-electron chi connectivity index (χ4n) is 3.23. The number of rotatable bonds is 5. The maximum atomic E-state index is 13.9. The predicted molar refractivity (Wildman–Crippen MR) is 118 cm³/mol. The first-order valence-electron chi connectivity index (χ1n) is 9.73. The third-order valence-corrected chi connectivity index (χ3v) is 5.62. The molecule has 0 fully saturated rings. The molecule has 0 saturated carbocycles. The number of amides is 1. The number of aryl methyl sites for hydroxylation is 1. The van der Waals surface area contributed by atoms with Gasteiger partial charge in [-0.25, -0.2) is 8.78 Å². The molecule has 3 aromatic rings. The summed E-state index contributed by atoms with van der Waals surface area (Å²) in [5.74, 6) is -2.27. The lowest BCUT2D eigenvalue weighted by molar-refractivity contribution is -0.137. The van der Waals surface area contributed by atoms with Crippen LogP contribution in [0.5, 0.6) is 5.75 Å². The number of pyridine rings is 1. The second-order valence-corrected chi connectivity index (χ2v) is 8.35. The Morgan fingerprint density at radius 2 is 1.76 bits per heavy atom. The Hall–Kier alpha value is -3.21. The van der Waals surface area contributed by atoms with E-state index >= 15 is 0 Å². The Balaban J connectivity index is 2.07. The van der Waals surface area contributed by atoms with Gasteiger partial charge in [-0.2, -0.15) is 13.2 Å². The van der Waals surface area contributed by atoms with Gasteiger partial charge in [-0.1, -0.05) is 0 Å². The fourth-order valence-corrected chi connectivity index (χ4v) is 3.64. The predicted octanol–water partition coefficient (Wildman–Crippen LogP) is 5.49. The van der Waals surface area contributed by atoms with E-state index in [9.17, 15) is 31.5 Å². The topological polar surface area (TPSA) is 51.5 Å². The van der Waals surface area contributed by atoms with Crippen LogP contribution in [-0.4, -0.2) is 29.5 Å². The van der Waals surface area contributed by atoms with Crippen molar-refractivity contribution >= 4 is 21.8 Å². The number of ether oxygens (including phenoxy) is 1. The number of hydrogen-bond donors (Lipinski definition) is 0. The molecular weight excluding hydrogens is 527 g/mol. The van der Waals surface area contributed by atoms with Crippen molar-refractivity contribution in [2.24, 2.45) is 0 Å². The number of carbonyl (C=O) groups is 1. The van der Waals surface area contributed by atoms with Gasteiger partial charge in [-0.3, -0.25) is 14.2 Å². The molecule has 0 aliphatic rings. The van der Waals surface area contributed by atoms with Gasteiger partial charge in [-0.05, 0) is 53.2 Å². The number of hydrogen-bond acceptors (Lipinski definition) is 3. The van der Waals surface area contributed by atoms with E-state index in [0.717, 1.165) is 21.6 Å². The van der Waals surface area contributed by atoms with E-state index in [-0.39, 0.29) is 33.6 Å². The molecule has 0 bridgehead atoms. The second-order valence-electron chi connectivity index (χ2n) is 7.56. The van der Waals surface area contributed by atoms with Gasteiger partial charge in [0.25, 0.3) is 11.5 Å². The molecule has 1 heterocycles. The molecule has 0 atom stereocenters. The summed E-state index contributed by atoms with van der Waals surface area (Å²) in [6.07, 6.45) is -4.86. The normalized spacial score (nSPS) is 11.4. The molecule has 5 nitrogen and oxygen atoms in total. The Morgan fingerprint density at radius 3 is 2.35 bits per heavy atom. The highest BCUT2D eigenvalue weighted by atomic mass is 79.9. The summed E-state index contributed by atoms with van der Waals surface area (Å²) in [5.41, 5.74) is -2.56. The molecule has 180 valence electrons. The zero-order valence-corrected chi connectivity index (χ0v) is 19.7. The summed E-state index contributed by atoms with van der Waals surface area (Å²) in [7, 11) is 2.82. The molecule has 0 aliphatic heterocycles. The smallest absolute Gasteiger partial charge is 0.418 e. The number of alkyl halides is 3. The van der Waals surface area contributed by atoms with Crippen molar-refractivity contribution in [2.45, 2.75) is 19.7 Å². The third-order valence-electron chi connectivity index (χ3n) is 4.89. The zero-order valence-electron chi connectivity index (χ0n) is 18.1. The van der Waals surface area contributed by atoms with E-state index < -0.39 is 40.5 Å². The SMILES string of the molecule is Cc1cc(OCc2ccc(F)cc2F)c(Br)c(=O)n1-c1ccc(C(=O)N(C)C)cc1C(F)(F)F. The monoisotopic (exact) mass is 544 g/mol. The van der Waals surface area contributed by atoms with Crippen LogP contribution in [0.3, 0.4) is 0 Å². The van der Waals surface area contributed by atoms with E-state index in [1.807, 2.05) is 0 Å². The number of halogens is 6. The minimum Gasteiger partial charge on any atom is -0.487 e. The minimum atomic E-state index is -4.86. The summed E-state index contributed by atoms with van der Waals surface area (Å²) >= 11 is 3.04. The van der Waals surface area contributed by atoms with Crippen molar-refractivity contribution in [2.75, 3.05) is 14.1 Å². The lowest BCUT2D eigenvalue weighted by Crippen LogP contribution is -2.26. The first-order chi connectivity index (χ1) is 15.8. The average Bonchev–Trinajstić information content (AvgIpc) is 2.75. The molecule has 3 rings (SSSR count). The quantitative estimate of drug-likeness (QED) is 0.399. The van der Waals surface area contributed by atoms with E-state index in [2.05, 4.69) is 15.9 Å². The molecule has 1 aromatic heterocycles. The van der Waals surface area contributed by atoms with Crippen molar-refractivity contribution in [3.8, 4) is 11.4 Å². The van der Waals surface area contributed by atoms with Crippen LogP contribution in [0, 0.1) is 18.6 Å². The van der Waals surface area contributed by atoms with Gasteiger partial charge in [0.1, 0.15) is 28.5 Å². The summed E-state index contributed by atoms with van der Waals surface area (Å²) in [6, 6.07) is 7.16. The van der Waals surface area contributed by atoms with Crippen LogP contribution in [0.4, 0.5) is 22.0 Å². The highest BCUT2D eigenvalue weighted by Gasteiger charge is 2.36. The average molecular weight is 545 g/mol. The molecule has 0 aliphatic carbocycles. The molecule has 11 heteroatoms.